The van der Waals surface area contributed by atoms with Gasteiger partial charge in [-0.15, -0.1) is 0 Å². The zero-order valence-electron chi connectivity index (χ0n) is 13.2. The number of amides is 1. The Labute approximate surface area is 123 Å². The number of rotatable bonds is 9. The summed E-state index contributed by atoms with van der Waals surface area (Å²) < 4.78 is 0. The van der Waals surface area contributed by atoms with Crippen molar-refractivity contribution >= 4 is 5.91 Å². The maximum atomic E-state index is 12.6. The molecule has 4 heteroatoms. The third-order valence-corrected chi connectivity index (χ3v) is 4.56. The number of aliphatic hydroxyl groups excluding tert-OH is 1. The number of carbonyl (C=O) groups is 1. The molecular weight excluding hydrogens is 252 g/mol. The van der Waals surface area contributed by atoms with Gasteiger partial charge in [-0.2, -0.15) is 0 Å². The average Bonchev–Trinajstić information content (AvgIpc) is 2.46. The van der Waals surface area contributed by atoms with Gasteiger partial charge in [0, 0.05) is 13.2 Å². The summed E-state index contributed by atoms with van der Waals surface area (Å²) in [6.07, 6.45) is 6.90. The lowest BCUT2D eigenvalue weighted by atomic mass is 9.74. The maximum Gasteiger partial charge on any atom is 0.226 e. The van der Waals surface area contributed by atoms with Crippen LogP contribution >= 0.6 is 0 Å². The van der Waals surface area contributed by atoms with E-state index in [1.165, 1.54) is 0 Å². The summed E-state index contributed by atoms with van der Waals surface area (Å²) in [7, 11) is 0. The van der Waals surface area contributed by atoms with Gasteiger partial charge in [0.1, 0.15) is 0 Å². The van der Waals surface area contributed by atoms with Crippen molar-refractivity contribution in [2.75, 3.05) is 26.2 Å². The van der Waals surface area contributed by atoms with Gasteiger partial charge in [-0.1, -0.05) is 26.7 Å². The molecular formula is C16H32N2O2. The highest BCUT2D eigenvalue weighted by atomic mass is 16.3. The van der Waals surface area contributed by atoms with Gasteiger partial charge < -0.3 is 15.7 Å². The SMILES string of the molecule is CCCC(CCO)CNC(=O)C1(CCC)CCNCC1. The second-order valence-electron chi connectivity index (χ2n) is 6.16. The smallest absolute Gasteiger partial charge is 0.226 e. The monoisotopic (exact) mass is 284 g/mol. The number of hydrogen-bond donors (Lipinski definition) is 3. The van der Waals surface area contributed by atoms with Crippen molar-refractivity contribution in [3.05, 3.63) is 0 Å². The Hall–Kier alpha value is -0.610. The Morgan fingerprint density at radius 3 is 2.50 bits per heavy atom. The minimum atomic E-state index is -0.157. The fraction of sp³-hybridized carbons (Fsp3) is 0.938. The Kier molecular flexibility index (Phi) is 8.15. The Morgan fingerprint density at radius 2 is 1.95 bits per heavy atom. The quantitative estimate of drug-likeness (QED) is 0.607. The Morgan fingerprint density at radius 1 is 1.25 bits per heavy atom. The predicted octanol–water partition coefficient (Wildman–Crippen LogP) is 2.07. The van der Waals surface area contributed by atoms with Crippen molar-refractivity contribution in [2.45, 2.75) is 58.8 Å². The summed E-state index contributed by atoms with van der Waals surface area (Å²) in [5.74, 6) is 0.647. The van der Waals surface area contributed by atoms with Crippen LogP contribution in [0.3, 0.4) is 0 Å². The summed E-state index contributed by atoms with van der Waals surface area (Å²) in [6.45, 7) is 7.13. The van der Waals surface area contributed by atoms with Crippen molar-refractivity contribution in [3.8, 4) is 0 Å². The van der Waals surface area contributed by atoms with E-state index in [1.807, 2.05) is 0 Å². The van der Waals surface area contributed by atoms with Crippen LogP contribution in [-0.4, -0.2) is 37.3 Å². The summed E-state index contributed by atoms with van der Waals surface area (Å²) >= 11 is 0. The number of carbonyl (C=O) groups excluding carboxylic acids is 1. The van der Waals surface area contributed by atoms with Crippen LogP contribution in [0.4, 0.5) is 0 Å². The number of piperidine rings is 1. The second-order valence-corrected chi connectivity index (χ2v) is 6.16. The van der Waals surface area contributed by atoms with Gasteiger partial charge in [0.15, 0.2) is 0 Å². The van der Waals surface area contributed by atoms with Crippen molar-refractivity contribution in [3.63, 3.8) is 0 Å². The lowest BCUT2D eigenvalue weighted by Crippen LogP contribution is -2.48. The van der Waals surface area contributed by atoms with Crippen molar-refractivity contribution in [1.82, 2.24) is 10.6 Å². The molecule has 1 heterocycles. The first-order chi connectivity index (χ1) is 9.68. The fourth-order valence-electron chi connectivity index (χ4n) is 3.34. The number of nitrogens with one attached hydrogen (secondary N) is 2. The van der Waals surface area contributed by atoms with E-state index < -0.39 is 0 Å². The highest BCUT2D eigenvalue weighted by molar-refractivity contribution is 5.82. The van der Waals surface area contributed by atoms with E-state index in [9.17, 15) is 4.79 Å². The third kappa shape index (κ3) is 5.06. The van der Waals surface area contributed by atoms with E-state index in [4.69, 9.17) is 5.11 Å². The van der Waals surface area contributed by atoms with Crippen LogP contribution in [0, 0.1) is 11.3 Å². The van der Waals surface area contributed by atoms with E-state index in [1.54, 1.807) is 0 Å². The molecule has 0 saturated carbocycles. The van der Waals surface area contributed by atoms with E-state index in [2.05, 4.69) is 24.5 Å². The molecule has 0 aromatic carbocycles. The second kappa shape index (κ2) is 9.35. The molecule has 20 heavy (non-hydrogen) atoms. The molecule has 0 aromatic rings. The molecule has 0 aromatic heterocycles. The van der Waals surface area contributed by atoms with Crippen LogP contribution in [0.25, 0.3) is 0 Å². The third-order valence-electron chi connectivity index (χ3n) is 4.56. The predicted molar refractivity (Wildman–Crippen MR) is 82.6 cm³/mol. The van der Waals surface area contributed by atoms with Gasteiger partial charge >= 0.3 is 0 Å². The van der Waals surface area contributed by atoms with Crippen LogP contribution in [-0.2, 0) is 4.79 Å². The van der Waals surface area contributed by atoms with Gasteiger partial charge in [-0.3, -0.25) is 4.79 Å². The van der Waals surface area contributed by atoms with Crippen molar-refractivity contribution in [1.29, 1.82) is 0 Å². The molecule has 1 rings (SSSR count). The van der Waals surface area contributed by atoms with Gasteiger partial charge in [-0.05, 0) is 51.1 Å². The van der Waals surface area contributed by atoms with Crippen LogP contribution in [0.2, 0.25) is 0 Å². The van der Waals surface area contributed by atoms with Crippen LogP contribution < -0.4 is 10.6 Å². The molecule has 0 bridgehead atoms. The van der Waals surface area contributed by atoms with Crippen molar-refractivity contribution < 1.29 is 9.90 Å². The largest absolute Gasteiger partial charge is 0.396 e. The summed E-state index contributed by atoms with van der Waals surface area (Å²) in [5.41, 5.74) is -0.157. The molecule has 1 fully saturated rings. The van der Waals surface area contributed by atoms with Crippen LogP contribution in [0.5, 0.6) is 0 Å². The lowest BCUT2D eigenvalue weighted by molar-refractivity contribution is -0.133. The summed E-state index contributed by atoms with van der Waals surface area (Å²) in [4.78, 5) is 12.6. The Bertz CT molecular complexity index is 264. The molecule has 3 N–H and O–H groups in total. The van der Waals surface area contributed by atoms with E-state index in [0.717, 1.165) is 58.0 Å². The first kappa shape index (κ1) is 17.4. The molecule has 4 nitrogen and oxygen atoms in total. The molecule has 1 amide bonds. The molecule has 1 aliphatic heterocycles. The zero-order valence-corrected chi connectivity index (χ0v) is 13.2. The minimum Gasteiger partial charge on any atom is -0.396 e. The molecule has 118 valence electrons. The summed E-state index contributed by atoms with van der Waals surface area (Å²) in [6, 6.07) is 0. The molecule has 0 aliphatic carbocycles. The molecule has 0 spiro atoms. The highest BCUT2D eigenvalue weighted by Gasteiger charge is 2.38. The van der Waals surface area contributed by atoms with Gasteiger partial charge in [0.2, 0.25) is 5.91 Å². The molecule has 1 atom stereocenters. The van der Waals surface area contributed by atoms with Gasteiger partial charge in [0.05, 0.1) is 5.41 Å². The maximum absolute atomic E-state index is 12.6. The molecule has 1 aliphatic rings. The highest BCUT2D eigenvalue weighted by Crippen LogP contribution is 2.34. The first-order valence-electron chi connectivity index (χ1n) is 8.28. The zero-order chi connectivity index (χ0) is 14.8. The first-order valence-corrected chi connectivity index (χ1v) is 8.28. The van der Waals surface area contributed by atoms with Gasteiger partial charge in [0.25, 0.3) is 0 Å². The topological polar surface area (TPSA) is 61.4 Å². The average molecular weight is 284 g/mol. The van der Waals surface area contributed by atoms with E-state index in [-0.39, 0.29) is 17.9 Å². The van der Waals surface area contributed by atoms with Gasteiger partial charge in [-0.25, -0.2) is 0 Å². The number of aliphatic hydroxyl groups is 1. The fourth-order valence-corrected chi connectivity index (χ4v) is 3.34. The van der Waals surface area contributed by atoms with E-state index in [0.29, 0.717) is 12.5 Å². The minimum absolute atomic E-state index is 0.157. The van der Waals surface area contributed by atoms with Crippen LogP contribution in [0.1, 0.15) is 58.8 Å². The van der Waals surface area contributed by atoms with Crippen molar-refractivity contribution in [2.24, 2.45) is 11.3 Å². The molecule has 1 unspecified atom stereocenters. The molecule has 0 radical (unpaired) electrons. The van der Waals surface area contributed by atoms with Crippen LogP contribution in [0.15, 0.2) is 0 Å². The molecule has 1 saturated heterocycles. The lowest BCUT2D eigenvalue weighted by Gasteiger charge is -2.36. The normalized spacial score (nSPS) is 19.6. The Balaban J connectivity index is 2.52. The number of hydrogen-bond acceptors (Lipinski definition) is 3. The summed E-state index contributed by atoms with van der Waals surface area (Å²) in [5, 5.41) is 15.6. The van der Waals surface area contributed by atoms with E-state index >= 15 is 0 Å². The standard InChI is InChI=1S/C16H32N2O2/c1-3-5-14(6-12-19)13-18-15(20)16(7-4-2)8-10-17-11-9-16/h14,17,19H,3-13H2,1-2H3,(H,18,20).